The smallest absolute Gasteiger partial charge is 0.338 e. The highest BCUT2D eigenvalue weighted by atomic mass is 19.1. The molecule has 3 rings (SSSR count). The summed E-state index contributed by atoms with van der Waals surface area (Å²) in [5.41, 5.74) is -0.132. The van der Waals surface area contributed by atoms with Crippen molar-refractivity contribution in [3.63, 3.8) is 0 Å². The van der Waals surface area contributed by atoms with Gasteiger partial charge in [0.2, 0.25) is 0 Å². The monoisotopic (exact) mass is 296 g/mol. The van der Waals surface area contributed by atoms with E-state index in [1.165, 1.54) is 18.2 Å². The molecular weight excluding hydrogens is 283 g/mol. The second kappa shape index (κ2) is 5.85. The van der Waals surface area contributed by atoms with E-state index in [1.807, 2.05) is 36.4 Å². The number of rotatable bonds is 4. The fraction of sp³-hybridized carbons (Fsp3) is 0.0556. The molecule has 0 radical (unpaired) electrons. The van der Waals surface area contributed by atoms with Crippen LogP contribution in [0.1, 0.15) is 15.9 Å². The molecule has 4 heteroatoms. The molecule has 1 N–H and O–H groups in total. The Hall–Kier alpha value is -2.88. The first kappa shape index (κ1) is 14.1. The van der Waals surface area contributed by atoms with Crippen LogP contribution in [0.5, 0.6) is 5.75 Å². The number of carboxylic acids is 1. The van der Waals surface area contributed by atoms with Crippen LogP contribution in [0, 0.1) is 5.82 Å². The van der Waals surface area contributed by atoms with Crippen molar-refractivity contribution in [2.45, 2.75) is 6.61 Å². The Morgan fingerprint density at radius 1 is 1.00 bits per heavy atom. The largest absolute Gasteiger partial charge is 0.489 e. The topological polar surface area (TPSA) is 46.5 Å². The summed E-state index contributed by atoms with van der Waals surface area (Å²) in [6, 6.07) is 17.7. The Labute approximate surface area is 126 Å². The van der Waals surface area contributed by atoms with Crippen LogP contribution >= 0.6 is 0 Å². The van der Waals surface area contributed by atoms with Gasteiger partial charge in [-0.3, -0.25) is 0 Å². The number of hydrogen-bond acceptors (Lipinski definition) is 2. The lowest BCUT2D eigenvalue weighted by molar-refractivity contribution is 0.0691. The molecule has 0 aliphatic carbocycles. The Morgan fingerprint density at radius 3 is 2.55 bits per heavy atom. The zero-order valence-corrected chi connectivity index (χ0v) is 11.6. The highest BCUT2D eigenvalue weighted by Crippen LogP contribution is 2.22. The molecule has 3 aromatic rings. The SMILES string of the molecule is O=C(O)c1cccc(COc2ccc3ccccc3c2)c1F. The summed E-state index contributed by atoms with van der Waals surface area (Å²) < 4.78 is 19.6. The highest BCUT2D eigenvalue weighted by molar-refractivity contribution is 5.88. The van der Waals surface area contributed by atoms with Crippen LogP contribution in [0.25, 0.3) is 10.8 Å². The van der Waals surface area contributed by atoms with E-state index in [0.717, 1.165) is 10.8 Å². The maximum absolute atomic E-state index is 14.0. The predicted molar refractivity (Wildman–Crippen MR) is 81.6 cm³/mol. The van der Waals surface area contributed by atoms with Crippen LogP contribution in [0.15, 0.2) is 60.7 Å². The number of hydrogen-bond donors (Lipinski definition) is 1. The molecule has 0 saturated heterocycles. The number of ether oxygens (including phenoxy) is 1. The van der Waals surface area contributed by atoms with Gasteiger partial charge in [-0.25, -0.2) is 9.18 Å². The number of fused-ring (bicyclic) bond motifs is 1. The summed E-state index contributed by atoms with van der Waals surface area (Å²) in [5, 5.41) is 11.0. The molecule has 3 nitrogen and oxygen atoms in total. The molecule has 22 heavy (non-hydrogen) atoms. The average Bonchev–Trinajstić information content (AvgIpc) is 2.53. The first-order chi connectivity index (χ1) is 10.6. The molecule has 0 fully saturated rings. The molecule has 0 aliphatic rings. The van der Waals surface area contributed by atoms with Crippen LogP contribution in [-0.2, 0) is 6.61 Å². The average molecular weight is 296 g/mol. The minimum absolute atomic E-state index is 0.0225. The van der Waals surface area contributed by atoms with E-state index < -0.39 is 11.8 Å². The van der Waals surface area contributed by atoms with Gasteiger partial charge in [-0.1, -0.05) is 42.5 Å². The van der Waals surface area contributed by atoms with E-state index in [-0.39, 0.29) is 17.7 Å². The van der Waals surface area contributed by atoms with E-state index in [2.05, 4.69) is 0 Å². The van der Waals surface area contributed by atoms with Crippen molar-refractivity contribution in [2.75, 3.05) is 0 Å². The van der Waals surface area contributed by atoms with Gasteiger partial charge in [-0.2, -0.15) is 0 Å². The number of benzene rings is 3. The first-order valence-electron chi connectivity index (χ1n) is 6.77. The Morgan fingerprint density at radius 2 is 1.77 bits per heavy atom. The maximum atomic E-state index is 14.0. The molecule has 0 unspecified atom stereocenters. The van der Waals surface area contributed by atoms with Crippen molar-refractivity contribution < 1.29 is 19.0 Å². The van der Waals surface area contributed by atoms with E-state index >= 15 is 0 Å². The second-order valence-electron chi connectivity index (χ2n) is 4.88. The van der Waals surface area contributed by atoms with Gasteiger partial charge in [0.15, 0.2) is 0 Å². The van der Waals surface area contributed by atoms with E-state index in [0.29, 0.717) is 5.75 Å². The summed E-state index contributed by atoms with van der Waals surface area (Å²) in [6.45, 7) is -0.0225. The normalized spacial score (nSPS) is 10.6. The second-order valence-corrected chi connectivity index (χ2v) is 4.88. The minimum Gasteiger partial charge on any atom is -0.489 e. The van der Waals surface area contributed by atoms with Crippen molar-refractivity contribution in [1.82, 2.24) is 0 Å². The van der Waals surface area contributed by atoms with Gasteiger partial charge < -0.3 is 9.84 Å². The van der Waals surface area contributed by atoms with Crippen LogP contribution in [0.2, 0.25) is 0 Å². The molecule has 0 spiro atoms. The van der Waals surface area contributed by atoms with Crippen LogP contribution in [-0.4, -0.2) is 11.1 Å². The van der Waals surface area contributed by atoms with Crippen molar-refractivity contribution in [1.29, 1.82) is 0 Å². The van der Waals surface area contributed by atoms with E-state index in [9.17, 15) is 9.18 Å². The van der Waals surface area contributed by atoms with Gasteiger partial charge >= 0.3 is 5.97 Å². The van der Waals surface area contributed by atoms with Crippen LogP contribution in [0.4, 0.5) is 4.39 Å². The van der Waals surface area contributed by atoms with Crippen molar-refractivity contribution in [3.05, 3.63) is 77.6 Å². The lowest BCUT2D eigenvalue weighted by Gasteiger charge is -2.09. The zero-order chi connectivity index (χ0) is 15.5. The maximum Gasteiger partial charge on any atom is 0.338 e. The summed E-state index contributed by atoms with van der Waals surface area (Å²) in [5.74, 6) is -1.43. The van der Waals surface area contributed by atoms with Gasteiger partial charge in [0.1, 0.15) is 18.2 Å². The molecule has 0 saturated carbocycles. The van der Waals surface area contributed by atoms with Gasteiger partial charge in [0.25, 0.3) is 0 Å². The van der Waals surface area contributed by atoms with Crippen molar-refractivity contribution in [3.8, 4) is 5.75 Å². The number of carbonyl (C=O) groups is 1. The van der Waals surface area contributed by atoms with Gasteiger partial charge in [-0.05, 0) is 29.0 Å². The number of carboxylic acid groups (broad SMARTS) is 1. The number of aromatic carboxylic acids is 1. The Balaban J connectivity index is 1.82. The summed E-state index contributed by atoms with van der Waals surface area (Å²) in [6.07, 6.45) is 0. The molecule has 110 valence electrons. The Kier molecular flexibility index (Phi) is 3.74. The molecule has 0 amide bonds. The number of halogens is 1. The Bertz CT molecular complexity index is 843. The van der Waals surface area contributed by atoms with Crippen molar-refractivity contribution >= 4 is 16.7 Å². The quantitative estimate of drug-likeness (QED) is 0.782. The van der Waals surface area contributed by atoms with Crippen LogP contribution < -0.4 is 4.74 Å². The molecule has 0 atom stereocenters. The fourth-order valence-electron chi connectivity index (χ4n) is 2.27. The lowest BCUT2D eigenvalue weighted by atomic mass is 10.1. The van der Waals surface area contributed by atoms with Gasteiger partial charge in [0.05, 0.1) is 5.56 Å². The first-order valence-corrected chi connectivity index (χ1v) is 6.77. The molecule has 0 aliphatic heterocycles. The summed E-state index contributed by atoms with van der Waals surface area (Å²) >= 11 is 0. The third-order valence-electron chi connectivity index (χ3n) is 3.42. The van der Waals surface area contributed by atoms with Gasteiger partial charge in [0, 0.05) is 5.56 Å². The third-order valence-corrected chi connectivity index (χ3v) is 3.42. The molecule has 0 aromatic heterocycles. The predicted octanol–water partition coefficient (Wildman–Crippen LogP) is 4.26. The molecular formula is C18H13FO3. The molecule has 3 aromatic carbocycles. The lowest BCUT2D eigenvalue weighted by Crippen LogP contribution is -2.05. The summed E-state index contributed by atoms with van der Waals surface area (Å²) in [4.78, 5) is 10.9. The van der Waals surface area contributed by atoms with E-state index in [1.54, 1.807) is 6.07 Å². The van der Waals surface area contributed by atoms with E-state index in [4.69, 9.17) is 9.84 Å². The summed E-state index contributed by atoms with van der Waals surface area (Å²) in [7, 11) is 0. The minimum atomic E-state index is -1.29. The molecule has 0 bridgehead atoms. The fourth-order valence-corrected chi connectivity index (χ4v) is 2.27. The zero-order valence-electron chi connectivity index (χ0n) is 11.6. The van der Waals surface area contributed by atoms with Gasteiger partial charge in [-0.15, -0.1) is 0 Å². The highest BCUT2D eigenvalue weighted by Gasteiger charge is 2.13. The van der Waals surface area contributed by atoms with Crippen molar-refractivity contribution in [2.24, 2.45) is 0 Å². The molecule has 0 heterocycles. The standard InChI is InChI=1S/C18H13FO3/c19-17-14(6-3-7-16(17)18(20)21)11-22-15-9-8-12-4-1-2-5-13(12)10-15/h1-10H,11H2,(H,20,21). The van der Waals surface area contributed by atoms with Crippen LogP contribution in [0.3, 0.4) is 0 Å². The third kappa shape index (κ3) is 2.76.